The molecule has 5 heteroatoms. The minimum atomic E-state index is -2.58. The lowest BCUT2D eigenvalue weighted by molar-refractivity contribution is -0.0499. The maximum atomic E-state index is 13.9. The minimum Gasteiger partial charge on any atom is -0.271 e. The molecule has 0 heterocycles. The molecule has 0 radical (unpaired) electrons. The summed E-state index contributed by atoms with van der Waals surface area (Å²) in [6.07, 6.45) is 0.414. The molecule has 2 nitrogen and oxygen atoms in total. The molecule has 0 aromatic heterocycles. The van der Waals surface area contributed by atoms with Crippen LogP contribution in [0.5, 0.6) is 0 Å². The van der Waals surface area contributed by atoms with Gasteiger partial charge in [0.25, 0.3) is 0 Å². The maximum absolute atomic E-state index is 13.9. The quantitative estimate of drug-likeness (QED) is 0.653. The van der Waals surface area contributed by atoms with Crippen molar-refractivity contribution < 1.29 is 13.2 Å². The summed E-state index contributed by atoms with van der Waals surface area (Å²) in [5, 5.41) is 0. The van der Waals surface area contributed by atoms with E-state index >= 15 is 0 Å². The molecule has 1 aliphatic carbocycles. The van der Waals surface area contributed by atoms with Crippen molar-refractivity contribution in [3.8, 4) is 0 Å². The van der Waals surface area contributed by atoms with E-state index in [0.717, 1.165) is 5.56 Å². The second-order valence-electron chi connectivity index (χ2n) is 5.36. The summed E-state index contributed by atoms with van der Waals surface area (Å²) in [6.45, 7) is 1.87. The Morgan fingerprint density at radius 2 is 1.95 bits per heavy atom. The number of rotatable bonds is 3. The smallest absolute Gasteiger partial charge is 0.248 e. The monoisotopic (exact) mass is 272 g/mol. The zero-order valence-corrected chi connectivity index (χ0v) is 10.9. The highest BCUT2D eigenvalue weighted by atomic mass is 19.3. The van der Waals surface area contributed by atoms with Crippen LogP contribution in [0.3, 0.4) is 0 Å². The van der Waals surface area contributed by atoms with E-state index in [1.54, 1.807) is 12.1 Å². The van der Waals surface area contributed by atoms with Crippen LogP contribution in [-0.2, 0) is 0 Å². The van der Waals surface area contributed by atoms with Crippen LogP contribution in [-0.4, -0.2) is 5.92 Å². The summed E-state index contributed by atoms with van der Waals surface area (Å²) < 4.78 is 40.2. The fraction of sp³-hybridized carbons (Fsp3) is 0.571. The second kappa shape index (κ2) is 5.51. The van der Waals surface area contributed by atoms with Gasteiger partial charge in [0, 0.05) is 18.4 Å². The Morgan fingerprint density at radius 3 is 2.53 bits per heavy atom. The Kier molecular flexibility index (Phi) is 4.16. The number of halogens is 3. The molecule has 1 aromatic carbocycles. The summed E-state index contributed by atoms with van der Waals surface area (Å²) in [4.78, 5) is 0. The van der Waals surface area contributed by atoms with Crippen molar-refractivity contribution in [2.75, 3.05) is 0 Å². The van der Waals surface area contributed by atoms with E-state index in [2.05, 4.69) is 5.43 Å². The van der Waals surface area contributed by atoms with Crippen LogP contribution in [0.15, 0.2) is 18.2 Å². The standard InChI is InChI=1S/C14H19F3N2/c1-9-2-3-12(15)11(8-9)13(19-18)10-4-6-14(16,17)7-5-10/h2-3,8,10,13,19H,4-7,18H2,1H3. The molecule has 1 fully saturated rings. The highest BCUT2D eigenvalue weighted by Crippen LogP contribution is 2.41. The molecule has 0 aliphatic heterocycles. The van der Waals surface area contributed by atoms with Crippen LogP contribution in [0.25, 0.3) is 0 Å². The number of hydrazine groups is 1. The molecule has 1 aromatic rings. The summed E-state index contributed by atoms with van der Waals surface area (Å²) in [5.41, 5.74) is 4.00. The van der Waals surface area contributed by atoms with E-state index in [-0.39, 0.29) is 24.6 Å². The summed E-state index contributed by atoms with van der Waals surface area (Å²) >= 11 is 0. The number of alkyl halides is 2. The van der Waals surface area contributed by atoms with Crippen LogP contribution >= 0.6 is 0 Å². The van der Waals surface area contributed by atoms with Crippen LogP contribution in [0.2, 0.25) is 0 Å². The molecule has 0 saturated heterocycles. The first-order chi connectivity index (χ1) is 8.93. The van der Waals surface area contributed by atoms with Gasteiger partial charge in [-0.05, 0) is 31.7 Å². The van der Waals surface area contributed by atoms with Gasteiger partial charge >= 0.3 is 0 Å². The Balaban J connectivity index is 2.18. The number of nitrogens with one attached hydrogen (secondary N) is 1. The molecule has 19 heavy (non-hydrogen) atoms. The third kappa shape index (κ3) is 3.28. The Hall–Kier alpha value is -1.07. The first-order valence-corrected chi connectivity index (χ1v) is 6.53. The predicted octanol–water partition coefficient (Wildman–Crippen LogP) is 3.46. The molecule has 1 aliphatic rings. The van der Waals surface area contributed by atoms with Crippen LogP contribution < -0.4 is 11.3 Å². The number of benzene rings is 1. The number of hydrogen-bond acceptors (Lipinski definition) is 2. The van der Waals surface area contributed by atoms with Gasteiger partial charge in [0.1, 0.15) is 5.82 Å². The SMILES string of the molecule is Cc1ccc(F)c(C(NN)C2CCC(F)(F)CC2)c1. The zero-order valence-electron chi connectivity index (χ0n) is 10.9. The lowest BCUT2D eigenvalue weighted by Gasteiger charge is -2.33. The van der Waals surface area contributed by atoms with E-state index in [0.29, 0.717) is 18.4 Å². The summed E-state index contributed by atoms with van der Waals surface area (Å²) in [6, 6.07) is 4.40. The van der Waals surface area contributed by atoms with Crippen molar-refractivity contribution in [3.05, 3.63) is 35.1 Å². The number of nitrogens with two attached hydrogens (primary N) is 1. The lowest BCUT2D eigenvalue weighted by Crippen LogP contribution is -2.37. The van der Waals surface area contributed by atoms with E-state index in [1.165, 1.54) is 6.07 Å². The van der Waals surface area contributed by atoms with Gasteiger partial charge in [0.2, 0.25) is 5.92 Å². The molecule has 1 atom stereocenters. The van der Waals surface area contributed by atoms with Gasteiger partial charge in [-0.2, -0.15) is 0 Å². The topological polar surface area (TPSA) is 38.0 Å². The van der Waals surface area contributed by atoms with Gasteiger partial charge in [0.15, 0.2) is 0 Å². The second-order valence-corrected chi connectivity index (χ2v) is 5.36. The van der Waals surface area contributed by atoms with Gasteiger partial charge in [-0.1, -0.05) is 17.7 Å². The first-order valence-electron chi connectivity index (χ1n) is 6.53. The van der Waals surface area contributed by atoms with Crippen molar-refractivity contribution in [1.29, 1.82) is 0 Å². The molecule has 0 bridgehead atoms. The fourth-order valence-electron chi connectivity index (χ4n) is 2.78. The Morgan fingerprint density at radius 1 is 1.32 bits per heavy atom. The lowest BCUT2D eigenvalue weighted by atomic mass is 9.79. The van der Waals surface area contributed by atoms with Crippen LogP contribution in [0.1, 0.15) is 42.9 Å². The number of aryl methyl sites for hydroxylation is 1. The predicted molar refractivity (Wildman–Crippen MR) is 68.1 cm³/mol. The molecule has 106 valence electrons. The molecule has 1 unspecified atom stereocenters. The van der Waals surface area contributed by atoms with Crippen molar-refractivity contribution in [3.63, 3.8) is 0 Å². The van der Waals surface area contributed by atoms with Crippen molar-refractivity contribution in [2.24, 2.45) is 11.8 Å². The molecular weight excluding hydrogens is 253 g/mol. The summed E-state index contributed by atoms with van der Waals surface area (Å²) in [5.74, 6) is 2.54. The molecular formula is C14H19F3N2. The number of hydrogen-bond donors (Lipinski definition) is 2. The zero-order chi connectivity index (χ0) is 14.0. The van der Waals surface area contributed by atoms with E-state index < -0.39 is 12.0 Å². The van der Waals surface area contributed by atoms with E-state index in [4.69, 9.17) is 5.84 Å². The van der Waals surface area contributed by atoms with Gasteiger partial charge in [0.05, 0.1) is 6.04 Å². The molecule has 1 saturated carbocycles. The van der Waals surface area contributed by atoms with Crippen molar-refractivity contribution in [2.45, 2.75) is 44.6 Å². The largest absolute Gasteiger partial charge is 0.271 e. The van der Waals surface area contributed by atoms with E-state index in [1.807, 2.05) is 6.92 Å². The van der Waals surface area contributed by atoms with Gasteiger partial charge in [-0.15, -0.1) is 0 Å². The van der Waals surface area contributed by atoms with Gasteiger partial charge in [-0.25, -0.2) is 13.2 Å². The highest BCUT2D eigenvalue weighted by molar-refractivity contribution is 5.27. The molecule has 3 N–H and O–H groups in total. The molecule has 2 rings (SSSR count). The van der Waals surface area contributed by atoms with Gasteiger partial charge < -0.3 is 0 Å². The van der Waals surface area contributed by atoms with Crippen LogP contribution in [0, 0.1) is 18.7 Å². The average molecular weight is 272 g/mol. The third-order valence-corrected chi connectivity index (χ3v) is 3.90. The maximum Gasteiger partial charge on any atom is 0.248 e. The third-order valence-electron chi connectivity index (χ3n) is 3.90. The van der Waals surface area contributed by atoms with Crippen LogP contribution in [0.4, 0.5) is 13.2 Å². The first kappa shape index (κ1) is 14.3. The highest BCUT2D eigenvalue weighted by Gasteiger charge is 2.38. The molecule has 0 amide bonds. The Bertz CT molecular complexity index is 438. The van der Waals surface area contributed by atoms with Crippen molar-refractivity contribution >= 4 is 0 Å². The van der Waals surface area contributed by atoms with E-state index in [9.17, 15) is 13.2 Å². The fourth-order valence-corrected chi connectivity index (χ4v) is 2.78. The van der Waals surface area contributed by atoms with Gasteiger partial charge in [-0.3, -0.25) is 11.3 Å². The average Bonchev–Trinajstić information content (AvgIpc) is 2.36. The summed E-state index contributed by atoms with van der Waals surface area (Å²) in [7, 11) is 0. The molecule has 0 spiro atoms. The Labute approximate surface area is 111 Å². The van der Waals surface area contributed by atoms with Crippen molar-refractivity contribution in [1.82, 2.24) is 5.43 Å². The normalized spacial score (nSPS) is 21.3. The minimum absolute atomic E-state index is 0.0547.